The van der Waals surface area contributed by atoms with E-state index in [9.17, 15) is 19.5 Å². The molecule has 2 amide bonds. The number of nitrogens with zero attached hydrogens (tertiary/aromatic N) is 4. The van der Waals surface area contributed by atoms with Crippen LogP contribution in [0.3, 0.4) is 0 Å². The Labute approximate surface area is 252 Å². The van der Waals surface area contributed by atoms with E-state index in [1.54, 1.807) is 0 Å². The van der Waals surface area contributed by atoms with Crippen LogP contribution in [0.5, 0.6) is 0 Å². The number of fused-ring (bicyclic) bond motifs is 1. The van der Waals surface area contributed by atoms with Crippen LogP contribution in [0.25, 0.3) is 5.57 Å². The Morgan fingerprint density at radius 3 is 2.63 bits per heavy atom. The van der Waals surface area contributed by atoms with Gasteiger partial charge in [0.25, 0.3) is 11.8 Å². The number of carboxylic acid groups (broad SMARTS) is 1. The molecule has 0 bridgehead atoms. The number of carbonyl (C=O) groups is 3. The maximum atomic E-state index is 12.9. The standard InChI is InChI=1S/C17H14Cl2N6O4S5.Na.H/c1-30-16-23-24-17(34-16)33-3-5-2-31-13-8(12(27)25(13)9(5)14(28)29)22-11(26)7(10(18)19)6-4-32-15(20)21-6;;/h4,8,13H,2-3H2,1H3,(H2,20,21)(H,22,26)(H,28,29);;/t8?,13-;;/m1../s1. The number of hydrogen-bond donors (Lipinski definition) is 3. The number of rotatable bonds is 8. The number of anilines is 1. The molecule has 182 valence electrons. The molecule has 2 atom stereocenters. The van der Waals surface area contributed by atoms with Gasteiger partial charge in [-0.25, -0.2) is 9.78 Å². The zero-order valence-electron chi connectivity index (χ0n) is 17.0. The zero-order chi connectivity index (χ0) is 24.6. The molecule has 1 saturated heterocycles. The first kappa shape index (κ1) is 29.1. The molecule has 2 aromatic heterocycles. The third-order valence-corrected chi connectivity index (χ3v) is 10.2. The quantitative estimate of drug-likeness (QED) is 0.172. The van der Waals surface area contributed by atoms with Crippen molar-refractivity contribution in [1.29, 1.82) is 0 Å². The topological polar surface area (TPSA) is 151 Å². The van der Waals surface area contributed by atoms with E-state index in [0.717, 1.165) is 15.7 Å². The van der Waals surface area contributed by atoms with Gasteiger partial charge in [0, 0.05) is 16.9 Å². The van der Waals surface area contributed by atoms with Crippen molar-refractivity contribution in [2.45, 2.75) is 20.1 Å². The van der Waals surface area contributed by atoms with E-state index in [2.05, 4.69) is 20.5 Å². The Hall–Kier alpha value is -0.490. The fourth-order valence-electron chi connectivity index (χ4n) is 3.20. The molecule has 2 aliphatic rings. The second-order valence-corrected chi connectivity index (χ2v) is 12.8. The summed E-state index contributed by atoms with van der Waals surface area (Å²) < 4.78 is 1.21. The molecule has 2 aliphatic heterocycles. The average Bonchev–Trinajstić information content (AvgIpc) is 3.43. The summed E-state index contributed by atoms with van der Waals surface area (Å²) in [5, 5.41) is 21.7. The predicted molar refractivity (Wildman–Crippen MR) is 144 cm³/mol. The van der Waals surface area contributed by atoms with E-state index < -0.39 is 29.2 Å². The fraction of sp³-hybridized carbons (Fsp3) is 0.294. The van der Waals surface area contributed by atoms with Crippen LogP contribution in [0.15, 0.2) is 29.8 Å². The predicted octanol–water partition coefficient (Wildman–Crippen LogP) is 2.33. The number of nitrogens with two attached hydrogens (primary N) is 1. The molecule has 4 N–H and O–H groups in total. The first-order valence-electron chi connectivity index (χ1n) is 9.19. The first-order chi connectivity index (χ1) is 16.2. The van der Waals surface area contributed by atoms with E-state index in [1.165, 1.54) is 56.9 Å². The summed E-state index contributed by atoms with van der Waals surface area (Å²) in [7, 11) is 0. The number of aliphatic carboxylic acids is 1. The zero-order valence-corrected chi connectivity index (χ0v) is 22.6. The van der Waals surface area contributed by atoms with Gasteiger partial charge in [-0.1, -0.05) is 58.1 Å². The van der Waals surface area contributed by atoms with Gasteiger partial charge in [-0.3, -0.25) is 14.5 Å². The summed E-state index contributed by atoms with van der Waals surface area (Å²) in [5.41, 5.74) is 6.22. The van der Waals surface area contributed by atoms with E-state index in [0.29, 0.717) is 21.4 Å². The molecule has 0 radical (unpaired) electrons. The van der Waals surface area contributed by atoms with Crippen molar-refractivity contribution in [3.8, 4) is 0 Å². The van der Waals surface area contributed by atoms with Gasteiger partial charge >= 0.3 is 35.5 Å². The van der Waals surface area contributed by atoms with Crippen LogP contribution in [0.2, 0.25) is 0 Å². The number of thioether (sulfide) groups is 3. The third kappa shape index (κ3) is 6.16. The summed E-state index contributed by atoms with van der Waals surface area (Å²) in [6.07, 6.45) is 1.90. The van der Waals surface area contributed by atoms with E-state index >= 15 is 0 Å². The van der Waals surface area contributed by atoms with Gasteiger partial charge in [0.2, 0.25) is 0 Å². The van der Waals surface area contributed by atoms with Gasteiger partial charge in [0.15, 0.2) is 13.8 Å². The van der Waals surface area contributed by atoms with Crippen molar-refractivity contribution in [3.05, 3.63) is 26.8 Å². The number of amides is 2. The molecular weight excluding hydrogens is 606 g/mol. The normalized spacial score (nSPS) is 18.9. The Morgan fingerprint density at radius 1 is 1.34 bits per heavy atom. The molecule has 4 heterocycles. The molecule has 0 spiro atoms. The molecule has 18 heteroatoms. The maximum absolute atomic E-state index is 12.9. The fourth-order valence-corrected chi connectivity index (χ4v) is 8.04. The Kier molecular flexibility index (Phi) is 10.3. The molecule has 2 aromatic rings. The molecule has 35 heavy (non-hydrogen) atoms. The molecule has 10 nitrogen and oxygen atoms in total. The van der Waals surface area contributed by atoms with Crippen molar-refractivity contribution in [3.63, 3.8) is 0 Å². The van der Waals surface area contributed by atoms with Gasteiger partial charge in [-0.15, -0.1) is 33.3 Å². The van der Waals surface area contributed by atoms with E-state index in [4.69, 9.17) is 28.9 Å². The van der Waals surface area contributed by atoms with Crippen LogP contribution in [-0.2, 0) is 14.4 Å². The second-order valence-electron chi connectivity index (χ2n) is 6.65. The monoisotopic (exact) mass is 620 g/mol. The SMILES string of the molecule is CSc1nnc(SCC2=C(C(=O)O)N3C(=O)C(NC(=O)C(=C(Cl)Cl)c4csc(N)n4)[C@H]3SC2)s1.[NaH]. The third-order valence-electron chi connectivity index (χ3n) is 4.66. The number of hydrogen-bond acceptors (Lipinski definition) is 12. The summed E-state index contributed by atoms with van der Waals surface area (Å²) in [6.45, 7) is 0. The number of nitrogens with one attached hydrogen (secondary N) is 1. The summed E-state index contributed by atoms with van der Waals surface area (Å²) >= 11 is 18.5. The summed E-state index contributed by atoms with van der Waals surface area (Å²) in [5.74, 6) is -1.71. The first-order valence-corrected chi connectivity index (χ1v) is 14.9. The van der Waals surface area contributed by atoms with Crippen LogP contribution in [-0.4, -0.2) is 102 Å². The van der Waals surface area contributed by atoms with Gasteiger partial charge in [0.05, 0.1) is 11.3 Å². The summed E-state index contributed by atoms with van der Waals surface area (Å²) in [6, 6.07) is -0.938. The van der Waals surface area contributed by atoms with Crippen LogP contribution in [0.1, 0.15) is 5.69 Å². The summed E-state index contributed by atoms with van der Waals surface area (Å²) in [4.78, 5) is 43.0. The molecule has 0 aromatic carbocycles. The number of aromatic nitrogens is 3. The van der Waals surface area contributed by atoms with Crippen LogP contribution in [0, 0.1) is 0 Å². The second kappa shape index (κ2) is 12.4. The van der Waals surface area contributed by atoms with Crippen LogP contribution < -0.4 is 11.1 Å². The van der Waals surface area contributed by atoms with Gasteiger partial charge in [-0.2, -0.15) is 0 Å². The van der Waals surface area contributed by atoms with Crippen LogP contribution >= 0.6 is 81.2 Å². The molecule has 1 fully saturated rings. The minimum absolute atomic E-state index is 0. The van der Waals surface area contributed by atoms with Crippen molar-refractivity contribution in [1.82, 2.24) is 25.4 Å². The number of nitrogen functional groups attached to an aromatic ring is 1. The van der Waals surface area contributed by atoms with Crippen LogP contribution in [0.4, 0.5) is 5.13 Å². The van der Waals surface area contributed by atoms with Gasteiger partial charge in [-0.05, 0) is 11.8 Å². The van der Waals surface area contributed by atoms with Crippen molar-refractivity contribution in [2.75, 3.05) is 23.5 Å². The molecule has 1 unspecified atom stereocenters. The molecule has 4 rings (SSSR count). The van der Waals surface area contributed by atoms with Crippen molar-refractivity contribution in [2.24, 2.45) is 0 Å². The van der Waals surface area contributed by atoms with Gasteiger partial charge < -0.3 is 16.2 Å². The van der Waals surface area contributed by atoms with Gasteiger partial charge in [0.1, 0.15) is 21.6 Å². The molecular formula is C17H15Cl2N6NaO4S5. The molecule has 0 saturated carbocycles. The van der Waals surface area contributed by atoms with Crippen molar-refractivity contribution < 1.29 is 19.5 Å². The minimum atomic E-state index is -1.21. The van der Waals surface area contributed by atoms with E-state index in [-0.39, 0.29) is 56.1 Å². The Balaban J connectivity index is 0.00000342. The average molecular weight is 622 g/mol. The number of carbonyl (C=O) groups excluding carboxylic acids is 2. The Morgan fingerprint density at radius 2 is 2.06 bits per heavy atom. The van der Waals surface area contributed by atoms with E-state index in [1.807, 2.05) is 6.26 Å². The number of thiazole rings is 1. The Bertz CT molecular complexity index is 1230. The number of halogens is 2. The number of carboxylic acids is 1. The number of β-lactam (4-membered cyclic amide) rings is 1. The van der Waals surface area contributed by atoms with Crippen molar-refractivity contribution >= 4 is 139 Å². The molecule has 0 aliphatic carbocycles.